The van der Waals surface area contributed by atoms with E-state index in [0.717, 1.165) is 32.9 Å². The van der Waals surface area contributed by atoms with Gasteiger partial charge >= 0.3 is 0 Å². The Morgan fingerprint density at radius 1 is 1.04 bits per heavy atom. The van der Waals surface area contributed by atoms with Crippen molar-refractivity contribution < 1.29 is 4.79 Å². The van der Waals surface area contributed by atoms with E-state index in [1.54, 1.807) is 10.7 Å². The van der Waals surface area contributed by atoms with E-state index in [2.05, 4.69) is 15.5 Å². The molecule has 26 heavy (non-hydrogen) atoms. The van der Waals surface area contributed by atoms with Gasteiger partial charge in [-0.25, -0.2) is 9.36 Å². The average molecular weight is 351 g/mol. The number of benzene rings is 1. The van der Waals surface area contributed by atoms with Crippen molar-refractivity contribution in [3.05, 3.63) is 69.3 Å². The number of nitrogens with zero attached hydrogens (tertiary/aromatic N) is 4. The summed E-state index contributed by atoms with van der Waals surface area (Å²) >= 11 is 0. The summed E-state index contributed by atoms with van der Waals surface area (Å²) in [7, 11) is 0. The van der Waals surface area contributed by atoms with Crippen LogP contribution >= 0.6 is 0 Å². The Morgan fingerprint density at radius 2 is 1.81 bits per heavy atom. The largest absolute Gasteiger partial charge is 0.324 e. The zero-order valence-electron chi connectivity index (χ0n) is 15.3. The lowest BCUT2D eigenvalue weighted by molar-refractivity contribution is -0.117. The van der Waals surface area contributed by atoms with Gasteiger partial charge in [0.25, 0.3) is 5.56 Å². The van der Waals surface area contributed by atoms with Gasteiger partial charge in [-0.1, -0.05) is 12.1 Å². The Kier molecular flexibility index (Phi) is 4.71. The van der Waals surface area contributed by atoms with Crippen LogP contribution in [-0.2, 0) is 11.3 Å². The molecule has 0 bridgehead atoms. The van der Waals surface area contributed by atoms with Crippen LogP contribution < -0.4 is 10.9 Å². The monoisotopic (exact) mass is 351 g/mol. The standard InChI is InChI=1S/C19H21N5O2/c1-12-5-6-13(2)16(9-12)20-18(25)11-23-19(26)8-7-17(22-23)24-15(4)10-14(3)21-24/h5-10H,11H2,1-4H3,(H,20,25). The molecule has 1 N–H and O–H groups in total. The fraction of sp³-hybridized carbons (Fsp3) is 0.263. The SMILES string of the molecule is Cc1ccc(C)c(NC(=O)Cn2nc(-n3nc(C)cc3C)ccc2=O)c1. The van der Waals surface area contributed by atoms with E-state index >= 15 is 0 Å². The van der Waals surface area contributed by atoms with Crippen LogP contribution in [0, 0.1) is 27.7 Å². The fourth-order valence-corrected chi connectivity index (χ4v) is 2.72. The highest BCUT2D eigenvalue weighted by Crippen LogP contribution is 2.16. The smallest absolute Gasteiger partial charge is 0.267 e. The van der Waals surface area contributed by atoms with Gasteiger partial charge in [-0.05, 0) is 57.0 Å². The van der Waals surface area contributed by atoms with Crippen LogP contribution in [0.1, 0.15) is 22.5 Å². The molecule has 1 amide bonds. The molecule has 0 atom stereocenters. The molecule has 0 radical (unpaired) electrons. The number of hydrogen-bond acceptors (Lipinski definition) is 4. The van der Waals surface area contributed by atoms with Crippen molar-refractivity contribution in [3.8, 4) is 5.82 Å². The molecule has 3 rings (SSSR count). The van der Waals surface area contributed by atoms with Gasteiger partial charge in [0.1, 0.15) is 6.54 Å². The molecule has 0 aliphatic carbocycles. The summed E-state index contributed by atoms with van der Waals surface area (Å²) in [4.78, 5) is 24.5. The highest BCUT2D eigenvalue weighted by atomic mass is 16.2. The normalized spacial score (nSPS) is 10.8. The molecular weight excluding hydrogens is 330 g/mol. The first-order chi connectivity index (χ1) is 12.3. The van der Waals surface area contributed by atoms with E-state index in [4.69, 9.17) is 0 Å². The first-order valence-corrected chi connectivity index (χ1v) is 8.32. The molecule has 0 saturated heterocycles. The quantitative estimate of drug-likeness (QED) is 0.782. The van der Waals surface area contributed by atoms with Crippen molar-refractivity contribution in [1.29, 1.82) is 0 Å². The minimum Gasteiger partial charge on any atom is -0.324 e. The van der Waals surface area contributed by atoms with Gasteiger partial charge in [0.2, 0.25) is 5.91 Å². The first kappa shape index (κ1) is 17.6. The van der Waals surface area contributed by atoms with E-state index < -0.39 is 0 Å². The van der Waals surface area contributed by atoms with E-state index in [1.807, 2.05) is 52.0 Å². The molecule has 1 aromatic carbocycles. The minimum atomic E-state index is -0.341. The molecule has 0 aliphatic rings. The van der Waals surface area contributed by atoms with Gasteiger partial charge in [-0.15, -0.1) is 5.10 Å². The van der Waals surface area contributed by atoms with Crippen molar-refractivity contribution in [2.24, 2.45) is 0 Å². The summed E-state index contributed by atoms with van der Waals surface area (Å²) in [6.45, 7) is 7.50. The first-order valence-electron chi connectivity index (χ1n) is 8.32. The Balaban J connectivity index is 1.84. The number of aromatic nitrogens is 4. The van der Waals surface area contributed by atoms with E-state index in [0.29, 0.717) is 5.82 Å². The topological polar surface area (TPSA) is 81.8 Å². The summed E-state index contributed by atoms with van der Waals surface area (Å²) in [6.07, 6.45) is 0. The molecule has 0 fully saturated rings. The second-order valence-corrected chi connectivity index (χ2v) is 6.39. The summed E-state index contributed by atoms with van der Waals surface area (Å²) in [5.41, 5.74) is 4.16. The third-order valence-corrected chi connectivity index (χ3v) is 4.04. The second-order valence-electron chi connectivity index (χ2n) is 6.39. The third kappa shape index (κ3) is 3.72. The molecule has 134 valence electrons. The van der Waals surface area contributed by atoms with Crippen LogP contribution in [0.15, 0.2) is 41.2 Å². The number of carbonyl (C=O) groups excluding carboxylic acids is 1. The van der Waals surface area contributed by atoms with Crippen molar-refractivity contribution in [2.45, 2.75) is 34.2 Å². The van der Waals surface area contributed by atoms with Gasteiger partial charge in [0.05, 0.1) is 5.69 Å². The Hall–Kier alpha value is -3.22. The lowest BCUT2D eigenvalue weighted by Crippen LogP contribution is -2.30. The Labute approximate surface area is 151 Å². The van der Waals surface area contributed by atoms with Gasteiger partial charge in [0.15, 0.2) is 5.82 Å². The van der Waals surface area contributed by atoms with E-state index in [1.165, 1.54) is 6.07 Å². The maximum absolute atomic E-state index is 12.4. The van der Waals surface area contributed by atoms with Gasteiger partial charge in [0, 0.05) is 17.4 Å². The van der Waals surface area contributed by atoms with E-state index in [-0.39, 0.29) is 18.0 Å². The van der Waals surface area contributed by atoms with Crippen molar-refractivity contribution in [1.82, 2.24) is 19.6 Å². The van der Waals surface area contributed by atoms with Crippen molar-refractivity contribution >= 4 is 11.6 Å². The number of carbonyl (C=O) groups is 1. The number of hydrogen-bond donors (Lipinski definition) is 1. The van der Waals surface area contributed by atoms with Crippen molar-refractivity contribution in [3.63, 3.8) is 0 Å². The second kappa shape index (κ2) is 6.95. The number of anilines is 1. The Bertz CT molecular complexity index is 1030. The predicted octanol–water partition coefficient (Wildman–Crippen LogP) is 2.30. The molecule has 3 aromatic rings. The van der Waals surface area contributed by atoms with Crippen molar-refractivity contribution in [2.75, 3.05) is 5.32 Å². The molecule has 2 heterocycles. The summed E-state index contributed by atoms with van der Waals surface area (Å²) in [6, 6.07) is 10.7. The number of rotatable bonds is 4. The molecule has 7 heteroatoms. The zero-order valence-corrected chi connectivity index (χ0v) is 15.3. The van der Waals surface area contributed by atoms with Crippen LogP contribution in [-0.4, -0.2) is 25.5 Å². The summed E-state index contributed by atoms with van der Waals surface area (Å²) in [5, 5.41) is 11.5. The molecule has 7 nitrogen and oxygen atoms in total. The molecule has 2 aromatic heterocycles. The molecule has 0 aliphatic heterocycles. The average Bonchev–Trinajstić information content (AvgIpc) is 2.91. The maximum atomic E-state index is 12.4. The summed E-state index contributed by atoms with van der Waals surface area (Å²) < 4.78 is 2.79. The Morgan fingerprint density at radius 3 is 2.50 bits per heavy atom. The molecule has 0 unspecified atom stereocenters. The number of nitrogens with one attached hydrogen (secondary N) is 1. The van der Waals surface area contributed by atoms with Crippen LogP contribution in [0.25, 0.3) is 5.82 Å². The van der Waals surface area contributed by atoms with Crippen LogP contribution in [0.4, 0.5) is 5.69 Å². The lowest BCUT2D eigenvalue weighted by Gasteiger charge is -2.11. The predicted molar refractivity (Wildman–Crippen MR) is 99.6 cm³/mol. The highest BCUT2D eigenvalue weighted by Gasteiger charge is 2.11. The highest BCUT2D eigenvalue weighted by molar-refractivity contribution is 5.91. The minimum absolute atomic E-state index is 0.167. The summed E-state index contributed by atoms with van der Waals surface area (Å²) in [5.74, 6) is 0.188. The van der Waals surface area contributed by atoms with Crippen LogP contribution in [0.3, 0.4) is 0 Å². The van der Waals surface area contributed by atoms with Gasteiger partial charge in [-0.2, -0.15) is 5.10 Å². The molecule has 0 spiro atoms. The van der Waals surface area contributed by atoms with E-state index in [9.17, 15) is 9.59 Å². The third-order valence-electron chi connectivity index (χ3n) is 4.04. The van der Waals surface area contributed by atoms with Gasteiger partial charge < -0.3 is 5.32 Å². The molecule has 0 saturated carbocycles. The maximum Gasteiger partial charge on any atom is 0.267 e. The van der Waals surface area contributed by atoms with Crippen LogP contribution in [0.5, 0.6) is 0 Å². The number of aryl methyl sites for hydroxylation is 4. The lowest BCUT2D eigenvalue weighted by atomic mass is 10.1. The molecular formula is C19H21N5O2. The van der Waals surface area contributed by atoms with Gasteiger partial charge in [-0.3, -0.25) is 9.59 Å². The number of amides is 1. The fourth-order valence-electron chi connectivity index (χ4n) is 2.72. The zero-order chi connectivity index (χ0) is 18.8. The van der Waals surface area contributed by atoms with Crippen LogP contribution in [0.2, 0.25) is 0 Å².